The van der Waals surface area contributed by atoms with Crippen LogP contribution in [0.4, 0.5) is 0 Å². The van der Waals surface area contributed by atoms with Gasteiger partial charge in [-0.2, -0.15) is 0 Å². The zero-order chi connectivity index (χ0) is 15.3. The van der Waals surface area contributed by atoms with E-state index in [0.29, 0.717) is 0 Å². The number of aliphatic hydroxyl groups is 1. The van der Waals surface area contributed by atoms with Gasteiger partial charge in [0.2, 0.25) is 0 Å². The number of ether oxygens (including phenoxy) is 1. The third-order valence-electron chi connectivity index (χ3n) is 3.62. The lowest BCUT2D eigenvalue weighted by atomic mass is 9.95. The van der Waals surface area contributed by atoms with Gasteiger partial charge in [0.05, 0.1) is 5.60 Å². The van der Waals surface area contributed by atoms with Gasteiger partial charge in [-0.25, -0.2) is 0 Å². The largest absolute Gasteiger partial charge is 0.390 e. The quantitative estimate of drug-likeness (QED) is 0.864. The number of benzene rings is 2. The van der Waals surface area contributed by atoms with Crippen LogP contribution in [-0.2, 0) is 11.2 Å². The summed E-state index contributed by atoms with van der Waals surface area (Å²) in [5, 5.41) is 9.86. The molecule has 0 fully saturated rings. The van der Waals surface area contributed by atoms with Crippen LogP contribution in [0.15, 0.2) is 54.6 Å². The zero-order valence-corrected chi connectivity index (χ0v) is 13.0. The predicted octanol–water partition coefficient (Wildman–Crippen LogP) is 4.13. The van der Waals surface area contributed by atoms with Crippen molar-refractivity contribution in [3.05, 3.63) is 71.3 Å². The van der Waals surface area contributed by atoms with E-state index in [1.165, 1.54) is 5.56 Å². The summed E-state index contributed by atoms with van der Waals surface area (Å²) in [4.78, 5) is 0. The summed E-state index contributed by atoms with van der Waals surface area (Å²) in [6.07, 6.45) is 1.57. The summed E-state index contributed by atoms with van der Waals surface area (Å²) in [7, 11) is 1.74. The van der Waals surface area contributed by atoms with Gasteiger partial charge >= 0.3 is 0 Å². The van der Waals surface area contributed by atoms with Crippen LogP contribution in [0.1, 0.15) is 43.1 Å². The number of methoxy groups -OCH3 is 1. The normalized spacial score (nSPS) is 13.1. The standard InChI is InChI=1S/C19H24O2/c1-19(2,20)13-12-15-8-7-11-17(14-15)18(21-3)16-9-5-4-6-10-16/h4-11,14,18,20H,12-13H2,1-3H3. The van der Waals surface area contributed by atoms with E-state index in [9.17, 15) is 5.11 Å². The van der Waals surface area contributed by atoms with Gasteiger partial charge in [-0.05, 0) is 43.4 Å². The molecule has 0 bridgehead atoms. The lowest BCUT2D eigenvalue weighted by Gasteiger charge is -2.19. The molecule has 2 aromatic carbocycles. The lowest BCUT2D eigenvalue weighted by Crippen LogP contribution is -2.19. The lowest BCUT2D eigenvalue weighted by molar-refractivity contribution is 0.0714. The highest BCUT2D eigenvalue weighted by atomic mass is 16.5. The van der Waals surface area contributed by atoms with E-state index in [1.54, 1.807) is 7.11 Å². The van der Waals surface area contributed by atoms with Crippen LogP contribution in [0.25, 0.3) is 0 Å². The molecule has 112 valence electrons. The van der Waals surface area contributed by atoms with E-state index in [2.05, 4.69) is 36.4 Å². The fourth-order valence-electron chi connectivity index (χ4n) is 2.45. The first-order valence-electron chi connectivity index (χ1n) is 7.38. The number of hydrogen-bond acceptors (Lipinski definition) is 2. The van der Waals surface area contributed by atoms with Gasteiger partial charge in [-0.15, -0.1) is 0 Å². The van der Waals surface area contributed by atoms with E-state index < -0.39 is 5.60 Å². The second kappa shape index (κ2) is 6.88. The average Bonchev–Trinajstić information content (AvgIpc) is 2.47. The Hall–Kier alpha value is -1.64. The number of rotatable bonds is 6. The summed E-state index contributed by atoms with van der Waals surface area (Å²) in [6, 6.07) is 18.7. The van der Waals surface area contributed by atoms with Crippen molar-refractivity contribution in [2.45, 2.75) is 38.4 Å². The van der Waals surface area contributed by atoms with E-state index in [-0.39, 0.29) is 6.10 Å². The molecule has 1 atom stereocenters. The Kier molecular flexibility index (Phi) is 5.16. The predicted molar refractivity (Wildman–Crippen MR) is 86.4 cm³/mol. The van der Waals surface area contributed by atoms with Gasteiger partial charge in [0, 0.05) is 7.11 Å². The molecular weight excluding hydrogens is 260 g/mol. The van der Waals surface area contributed by atoms with Gasteiger partial charge in [0.25, 0.3) is 0 Å². The van der Waals surface area contributed by atoms with Gasteiger partial charge in [-0.1, -0.05) is 54.6 Å². The molecule has 1 unspecified atom stereocenters. The topological polar surface area (TPSA) is 29.5 Å². The first-order chi connectivity index (χ1) is 9.99. The molecule has 0 saturated heterocycles. The van der Waals surface area contributed by atoms with Gasteiger partial charge in [0.1, 0.15) is 6.10 Å². The summed E-state index contributed by atoms with van der Waals surface area (Å²) in [5.74, 6) is 0. The molecule has 2 nitrogen and oxygen atoms in total. The Morgan fingerprint density at radius 3 is 2.29 bits per heavy atom. The summed E-state index contributed by atoms with van der Waals surface area (Å²) in [6.45, 7) is 3.69. The molecule has 0 radical (unpaired) electrons. The zero-order valence-electron chi connectivity index (χ0n) is 13.0. The Morgan fingerprint density at radius 2 is 1.67 bits per heavy atom. The molecule has 1 N–H and O–H groups in total. The number of hydrogen-bond donors (Lipinski definition) is 1. The minimum atomic E-state index is -0.629. The molecule has 21 heavy (non-hydrogen) atoms. The third kappa shape index (κ3) is 4.69. The maximum Gasteiger partial charge on any atom is 0.107 e. The molecule has 0 aliphatic heterocycles. The van der Waals surface area contributed by atoms with Gasteiger partial charge < -0.3 is 9.84 Å². The van der Waals surface area contributed by atoms with Gasteiger partial charge in [-0.3, -0.25) is 0 Å². The van der Waals surface area contributed by atoms with Crippen molar-refractivity contribution >= 4 is 0 Å². The average molecular weight is 284 g/mol. The highest BCUT2D eigenvalue weighted by Gasteiger charge is 2.15. The fraction of sp³-hybridized carbons (Fsp3) is 0.368. The maximum atomic E-state index is 9.86. The highest BCUT2D eigenvalue weighted by molar-refractivity contribution is 5.33. The monoisotopic (exact) mass is 284 g/mol. The summed E-state index contributed by atoms with van der Waals surface area (Å²) < 4.78 is 5.67. The third-order valence-corrected chi connectivity index (χ3v) is 3.62. The van der Waals surface area contributed by atoms with E-state index >= 15 is 0 Å². The maximum absolute atomic E-state index is 9.86. The SMILES string of the molecule is COC(c1ccccc1)c1cccc(CCC(C)(C)O)c1. The van der Waals surface area contributed by atoms with E-state index in [0.717, 1.165) is 24.0 Å². The summed E-state index contributed by atoms with van der Waals surface area (Å²) >= 11 is 0. The van der Waals surface area contributed by atoms with Crippen LogP contribution in [0.3, 0.4) is 0 Å². The van der Waals surface area contributed by atoms with Crippen LogP contribution < -0.4 is 0 Å². The van der Waals surface area contributed by atoms with Crippen LogP contribution in [-0.4, -0.2) is 17.8 Å². The van der Waals surface area contributed by atoms with Crippen molar-refractivity contribution in [3.63, 3.8) is 0 Å². The van der Waals surface area contributed by atoms with Crippen molar-refractivity contribution in [1.29, 1.82) is 0 Å². The molecule has 0 aliphatic rings. The molecule has 0 aromatic heterocycles. The molecule has 2 aromatic rings. The van der Waals surface area contributed by atoms with Crippen molar-refractivity contribution in [1.82, 2.24) is 0 Å². The second-order valence-electron chi connectivity index (χ2n) is 6.08. The van der Waals surface area contributed by atoms with Crippen LogP contribution >= 0.6 is 0 Å². The second-order valence-corrected chi connectivity index (χ2v) is 6.08. The van der Waals surface area contributed by atoms with Crippen molar-refractivity contribution in [3.8, 4) is 0 Å². The molecule has 0 amide bonds. The molecule has 2 rings (SSSR count). The Bertz CT molecular complexity index is 555. The molecule has 0 saturated carbocycles. The van der Waals surface area contributed by atoms with Crippen LogP contribution in [0.5, 0.6) is 0 Å². The van der Waals surface area contributed by atoms with E-state index in [1.807, 2.05) is 32.0 Å². The van der Waals surface area contributed by atoms with Crippen LogP contribution in [0, 0.1) is 0 Å². The van der Waals surface area contributed by atoms with Crippen molar-refractivity contribution in [2.24, 2.45) is 0 Å². The van der Waals surface area contributed by atoms with Crippen molar-refractivity contribution in [2.75, 3.05) is 7.11 Å². The Morgan fingerprint density at radius 1 is 1.00 bits per heavy atom. The number of aryl methyl sites for hydroxylation is 1. The first kappa shape index (κ1) is 15.7. The molecule has 2 heteroatoms. The van der Waals surface area contributed by atoms with E-state index in [4.69, 9.17) is 4.74 Å². The van der Waals surface area contributed by atoms with Crippen LogP contribution in [0.2, 0.25) is 0 Å². The molecule has 0 spiro atoms. The first-order valence-corrected chi connectivity index (χ1v) is 7.38. The van der Waals surface area contributed by atoms with Crippen molar-refractivity contribution < 1.29 is 9.84 Å². The van der Waals surface area contributed by atoms with Gasteiger partial charge in [0.15, 0.2) is 0 Å². The molecule has 0 heterocycles. The Labute approximate surface area is 127 Å². The molecular formula is C19H24O2. The minimum Gasteiger partial charge on any atom is -0.390 e. The minimum absolute atomic E-state index is 0.0479. The highest BCUT2D eigenvalue weighted by Crippen LogP contribution is 2.26. The smallest absolute Gasteiger partial charge is 0.107 e. The Balaban J connectivity index is 2.19. The molecule has 0 aliphatic carbocycles. The fourth-order valence-corrected chi connectivity index (χ4v) is 2.45. The summed E-state index contributed by atoms with van der Waals surface area (Å²) in [5.41, 5.74) is 2.90.